The normalized spacial score (nSPS) is 24.3. The van der Waals surface area contributed by atoms with Crippen molar-refractivity contribution in [3.05, 3.63) is 59.7 Å². The molecule has 0 bridgehead atoms. The number of hydrogen-bond acceptors (Lipinski definition) is 3. The molecule has 4 nitrogen and oxygen atoms in total. The van der Waals surface area contributed by atoms with Gasteiger partial charge in [0.2, 0.25) is 0 Å². The maximum absolute atomic E-state index is 12.9. The molecule has 0 radical (unpaired) electrons. The topological polar surface area (TPSA) is 49.4 Å². The summed E-state index contributed by atoms with van der Waals surface area (Å²) in [5.41, 5.74) is 2.81. The van der Waals surface area contributed by atoms with Crippen molar-refractivity contribution in [1.29, 1.82) is 0 Å². The highest BCUT2D eigenvalue weighted by Crippen LogP contribution is 2.51. The minimum absolute atomic E-state index is 0.149. The zero-order valence-electron chi connectivity index (χ0n) is 17.6. The Morgan fingerprint density at radius 1 is 1.07 bits per heavy atom. The molecule has 1 aliphatic heterocycles. The summed E-state index contributed by atoms with van der Waals surface area (Å²) in [6, 6.07) is 15.3. The standard InChI is InChI=1S/C24H32N2O2S/c1-4-13-26-15-19-14-22(23(19)16-26)18-9-11-20(12-10-18)25-29(27,28)24-8-6-5-7-21(24)17(2)3/h5-12,17,19,22-23,25H,4,13-16H2,1-3H3/t19-,22-,23+/m0/s1. The third kappa shape index (κ3) is 4.08. The summed E-state index contributed by atoms with van der Waals surface area (Å²) in [7, 11) is -3.60. The minimum Gasteiger partial charge on any atom is -0.303 e. The summed E-state index contributed by atoms with van der Waals surface area (Å²) in [5.74, 6) is 2.38. The van der Waals surface area contributed by atoms with Crippen LogP contribution in [0, 0.1) is 11.8 Å². The van der Waals surface area contributed by atoms with Gasteiger partial charge >= 0.3 is 0 Å². The number of rotatable bonds is 7. The number of fused-ring (bicyclic) bond motifs is 1. The first kappa shape index (κ1) is 20.4. The van der Waals surface area contributed by atoms with Crippen molar-refractivity contribution in [1.82, 2.24) is 4.90 Å². The molecule has 1 saturated carbocycles. The van der Waals surface area contributed by atoms with Gasteiger partial charge < -0.3 is 4.90 Å². The van der Waals surface area contributed by atoms with Gasteiger partial charge in [-0.2, -0.15) is 0 Å². The third-order valence-corrected chi connectivity index (χ3v) is 8.06. The van der Waals surface area contributed by atoms with E-state index >= 15 is 0 Å². The van der Waals surface area contributed by atoms with E-state index in [0.29, 0.717) is 16.5 Å². The van der Waals surface area contributed by atoms with Crippen LogP contribution in [-0.2, 0) is 10.0 Å². The second kappa shape index (κ2) is 8.11. The second-order valence-electron chi connectivity index (χ2n) is 8.95. The molecule has 2 aromatic rings. The summed E-state index contributed by atoms with van der Waals surface area (Å²) in [5, 5.41) is 0. The van der Waals surface area contributed by atoms with Gasteiger partial charge in [-0.25, -0.2) is 8.42 Å². The molecule has 0 spiro atoms. The van der Waals surface area contributed by atoms with Gasteiger partial charge in [0.05, 0.1) is 4.90 Å². The van der Waals surface area contributed by atoms with E-state index in [0.717, 1.165) is 17.4 Å². The van der Waals surface area contributed by atoms with Gasteiger partial charge in [-0.15, -0.1) is 0 Å². The predicted octanol–water partition coefficient (Wildman–Crippen LogP) is 5.06. The molecule has 4 rings (SSSR count). The Morgan fingerprint density at radius 3 is 2.48 bits per heavy atom. The summed E-state index contributed by atoms with van der Waals surface area (Å²) in [4.78, 5) is 2.96. The van der Waals surface area contributed by atoms with Crippen molar-refractivity contribution in [2.45, 2.75) is 50.3 Å². The van der Waals surface area contributed by atoms with E-state index in [4.69, 9.17) is 0 Å². The first-order valence-corrected chi connectivity index (χ1v) is 12.3. The summed E-state index contributed by atoms with van der Waals surface area (Å²) < 4.78 is 28.7. The van der Waals surface area contributed by atoms with E-state index in [9.17, 15) is 8.42 Å². The van der Waals surface area contributed by atoms with Crippen molar-refractivity contribution in [3.8, 4) is 0 Å². The molecule has 156 valence electrons. The zero-order valence-corrected chi connectivity index (χ0v) is 18.5. The van der Waals surface area contributed by atoms with Gasteiger partial charge in [0.15, 0.2) is 0 Å². The largest absolute Gasteiger partial charge is 0.303 e. The fraction of sp³-hybridized carbons (Fsp3) is 0.500. The van der Waals surface area contributed by atoms with Crippen LogP contribution in [0.15, 0.2) is 53.4 Å². The number of nitrogens with one attached hydrogen (secondary N) is 1. The molecule has 0 unspecified atom stereocenters. The van der Waals surface area contributed by atoms with Crippen LogP contribution in [0.4, 0.5) is 5.69 Å². The first-order chi connectivity index (χ1) is 13.9. The molecule has 0 amide bonds. The van der Waals surface area contributed by atoms with E-state index in [1.165, 1.54) is 38.0 Å². The van der Waals surface area contributed by atoms with Gasteiger partial charge in [0.25, 0.3) is 10.0 Å². The van der Waals surface area contributed by atoms with Crippen LogP contribution in [0.5, 0.6) is 0 Å². The van der Waals surface area contributed by atoms with E-state index in [1.807, 2.05) is 38.1 Å². The summed E-state index contributed by atoms with van der Waals surface area (Å²) >= 11 is 0. The average molecular weight is 413 g/mol. The predicted molar refractivity (Wildman–Crippen MR) is 119 cm³/mol. The van der Waals surface area contributed by atoms with E-state index in [2.05, 4.69) is 28.7 Å². The van der Waals surface area contributed by atoms with E-state index in [-0.39, 0.29) is 5.92 Å². The van der Waals surface area contributed by atoms with Crippen LogP contribution in [-0.4, -0.2) is 33.0 Å². The molecule has 2 aromatic carbocycles. The minimum atomic E-state index is -3.60. The Labute approximate surface area is 175 Å². The molecule has 1 heterocycles. The molecular weight excluding hydrogens is 380 g/mol. The van der Waals surface area contributed by atoms with Crippen LogP contribution in [0.1, 0.15) is 56.6 Å². The Bertz CT molecular complexity index is 953. The van der Waals surface area contributed by atoms with Crippen molar-refractivity contribution in [2.24, 2.45) is 11.8 Å². The number of anilines is 1. The molecule has 3 atom stereocenters. The van der Waals surface area contributed by atoms with E-state index < -0.39 is 10.0 Å². The zero-order chi connectivity index (χ0) is 20.6. The highest BCUT2D eigenvalue weighted by Gasteiger charge is 2.46. The Balaban J connectivity index is 1.46. The molecule has 1 N–H and O–H groups in total. The number of hydrogen-bond donors (Lipinski definition) is 1. The van der Waals surface area contributed by atoms with Crippen LogP contribution in [0.25, 0.3) is 0 Å². The van der Waals surface area contributed by atoms with Crippen molar-refractivity contribution >= 4 is 15.7 Å². The van der Waals surface area contributed by atoms with Gasteiger partial charge in [0.1, 0.15) is 0 Å². The molecule has 1 aliphatic carbocycles. The quantitative estimate of drug-likeness (QED) is 0.692. The van der Waals surface area contributed by atoms with Gasteiger partial charge in [-0.1, -0.05) is 51.1 Å². The lowest BCUT2D eigenvalue weighted by molar-refractivity contribution is 0.191. The SMILES string of the molecule is CCCN1C[C@@H]2C[C@@H](c3ccc(NS(=O)(=O)c4ccccc4C(C)C)cc3)[C@@H]2C1. The monoisotopic (exact) mass is 412 g/mol. The summed E-state index contributed by atoms with van der Waals surface area (Å²) in [6.07, 6.45) is 2.48. The number of sulfonamides is 1. The van der Waals surface area contributed by atoms with Crippen LogP contribution in [0.2, 0.25) is 0 Å². The van der Waals surface area contributed by atoms with Crippen molar-refractivity contribution < 1.29 is 8.42 Å². The number of benzene rings is 2. The third-order valence-electron chi connectivity index (χ3n) is 6.60. The highest BCUT2D eigenvalue weighted by molar-refractivity contribution is 7.92. The molecular formula is C24H32N2O2S. The lowest BCUT2D eigenvalue weighted by atomic mass is 9.64. The Hall–Kier alpha value is -1.85. The van der Waals surface area contributed by atoms with Crippen LogP contribution < -0.4 is 4.72 Å². The maximum Gasteiger partial charge on any atom is 0.262 e. The van der Waals surface area contributed by atoms with Crippen molar-refractivity contribution in [2.75, 3.05) is 24.4 Å². The Morgan fingerprint density at radius 2 is 1.79 bits per heavy atom. The molecule has 29 heavy (non-hydrogen) atoms. The fourth-order valence-corrected chi connectivity index (χ4v) is 6.52. The number of nitrogens with zero attached hydrogens (tertiary/aromatic N) is 1. The molecule has 2 aliphatic rings. The lowest BCUT2D eigenvalue weighted by Crippen LogP contribution is -2.33. The molecule has 0 aromatic heterocycles. The molecule has 1 saturated heterocycles. The van der Waals surface area contributed by atoms with Crippen LogP contribution in [0.3, 0.4) is 0 Å². The smallest absolute Gasteiger partial charge is 0.262 e. The summed E-state index contributed by atoms with van der Waals surface area (Å²) in [6.45, 7) is 9.94. The Kier molecular flexibility index (Phi) is 5.71. The first-order valence-electron chi connectivity index (χ1n) is 10.8. The average Bonchev–Trinajstić information content (AvgIpc) is 2.99. The maximum atomic E-state index is 12.9. The highest BCUT2D eigenvalue weighted by atomic mass is 32.2. The fourth-order valence-electron chi connectivity index (χ4n) is 5.09. The van der Waals surface area contributed by atoms with Crippen molar-refractivity contribution in [3.63, 3.8) is 0 Å². The second-order valence-corrected chi connectivity index (χ2v) is 10.6. The number of likely N-dealkylation sites (tertiary alicyclic amines) is 1. The van der Waals surface area contributed by atoms with Gasteiger partial charge in [0, 0.05) is 18.8 Å². The van der Waals surface area contributed by atoms with Gasteiger partial charge in [-0.05, 0) is 72.4 Å². The molecule has 2 fully saturated rings. The van der Waals surface area contributed by atoms with Crippen LogP contribution >= 0.6 is 0 Å². The van der Waals surface area contributed by atoms with Gasteiger partial charge in [-0.3, -0.25) is 4.72 Å². The lowest BCUT2D eigenvalue weighted by Gasteiger charge is -2.40. The molecule has 5 heteroatoms. The van der Waals surface area contributed by atoms with E-state index in [1.54, 1.807) is 12.1 Å².